The van der Waals surface area contributed by atoms with Crippen LogP contribution < -0.4 is 5.32 Å². The molecule has 0 spiro atoms. The number of hydrogen-bond donors (Lipinski definition) is 2. The molecule has 0 aromatic heterocycles. The number of nitrogens with one attached hydrogen (secondary N) is 1. The van der Waals surface area contributed by atoms with Gasteiger partial charge >= 0.3 is 12.0 Å². The summed E-state index contributed by atoms with van der Waals surface area (Å²) in [4.78, 5) is 24.3. The van der Waals surface area contributed by atoms with E-state index < -0.39 is 11.9 Å². The molecule has 0 aliphatic rings. The second kappa shape index (κ2) is 8.24. The number of nitrogens with zero attached hydrogens (tertiary/aromatic N) is 1. The number of aliphatic carboxylic acids is 1. The Hall–Kier alpha value is -2.11. The lowest BCUT2D eigenvalue weighted by Gasteiger charge is -2.20. The Kier molecular flexibility index (Phi) is 6.65. The monoisotopic (exact) mass is 296 g/mol. The van der Waals surface area contributed by atoms with E-state index in [1.165, 1.54) is 17.0 Å². The van der Waals surface area contributed by atoms with Gasteiger partial charge in [-0.2, -0.15) is 0 Å². The van der Waals surface area contributed by atoms with Gasteiger partial charge in [-0.05, 0) is 24.1 Å². The Bertz CT molecular complexity index is 476. The maximum atomic E-state index is 12.8. The van der Waals surface area contributed by atoms with Crippen LogP contribution in [-0.2, 0) is 11.3 Å². The number of carboxylic acids is 1. The molecule has 5 nitrogen and oxygen atoms in total. The van der Waals surface area contributed by atoms with Crippen LogP contribution in [0.4, 0.5) is 9.18 Å². The summed E-state index contributed by atoms with van der Waals surface area (Å²) in [5.41, 5.74) is 0.803. The molecule has 0 saturated carbocycles. The van der Waals surface area contributed by atoms with Crippen LogP contribution in [0, 0.1) is 11.7 Å². The number of urea groups is 1. The highest BCUT2D eigenvalue weighted by atomic mass is 19.1. The number of benzene rings is 1. The number of carbonyl (C=O) groups excluding carboxylic acids is 1. The SMILES string of the molecule is CCCC(CNC(=O)N(C)Cc1ccc(F)cc1)C(=O)O. The number of rotatable bonds is 7. The van der Waals surface area contributed by atoms with Crippen LogP contribution in [0.15, 0.2) is 24.3 Å². The van der Waals surface area contributed by atoms with E-state index in [1.54, 1.807) is 19.2 Å². The fourth-order valence-corrected chi connectivity index (χ4v) is 1.94. The molecule has 2 N–H and O–H groups in total. The lowest BCUT2D eigenvalue weighted by atomic mass is 10.0. The van der Waals surface area contributed by atoms with Crippen molar-refractivity contribution in [1.29, 1.82) is 0 Å². The molecule has 0 bridgehead atoms. The molecular weight excluding hydrogens is 275 g/mol. The van der Waals surface area contributed by atoms with Crippen molar-refractivity contribution in [3.63, 3.8) is 0 Å². The topological polar surface area (TPSA) is 69.6 Å². The van der Waals surface area contributed by atoms with Crippen LogP contribution in [0.3, 0.4) is 0 Å². The number of carboxylic acid groups (broad SMARTS) is 1. The van der Waals surface area contributed by atoms with E-state index in [2.05, 4.69) is 5.32 Å². The predicted molar refractivity (Wildman–Crippen MR) is 77.3 cm³/mol. The first-order chi connectivity index (χ1) is 9.93. The normalized spacial score (nSPS) is 11.8. The predicted octanol–water partition coefficient (Wildman–Crippen LogP) is 2.47. The Balaban J connectivity index is 2.47. The number of carbonyl (C=O) groups is 2. The molecule has 0 fully saturated rings. The molecule has 1 rings (SSSR count). The first-order valence-electron chi connectivity index (χ1n) is 6.90. The Morgan fingerprint density at radius 1 is 1.33 bits per heavy atom. The van der Waals surface area contributed by atoms with E-state index in [0.717, 1.165) is 12.0 Å². The Morgan fingerprint density at radius 3 is 2.48 bits per heavy atom. The highest BCUT2D eigenvalue weighted by Crippen LogP contribution is 2.07. The third-order valence-electron chi connectivity index (χ3n) is 3.17. The number of amides is 2. The van der Waals surface area contributed by atoms with Gasteiger partial charge < -0.3 is 15.3 Å². The summed E-state index contributed by atoms with van der Waals surface area (Å²) < 4.78 is 12.8. The largest absolute Gasteiger partial charge is 0.481 e. The van der Waals surface area contributed by atoms with Crippen molar-refractivity contribution in [1.82, 2.24) is 10.2 Å². The first-order valence-corrected chi connectivity index (χ1v) is 6.90. The number of halogens is 1. The first kappa shape index (κ1) is 16.9. The second-order valence-electron chi connectivity index (χ2n) is 4.99. The van der Waals surface area contributed by atoms with Crippen LogP contribution in [0.2, 0.25) is 0 Å². The minimum atomic E-state index is -0.904. The quantitative estimate of drug-likeness (QED) is 0.812. The van der Waals surface area contributed by atoms with E-state index in [9.17, 15) is 14.0 Å². The molecular formula is C15H21FN2O3. The molecule has 1 aromatic rings. The lowest BCUT2D eigenvalue weighted by Crippen LogP contribution is -2.40. The average molecular weight is 296 g/mol. The molecule has 116 valence electrons. The number of hydrogen-bond acceptors (Lipinski definition) is 2. The van der Waals surface area contributed by atoms with Gasteiger partial charge in [-0.1, -0.05) is 25.5 Å². The van der Waals surface area contributed by atoms with Crippen molar-refractivity contribution >= 4 is 12.0 Å². The molecule has 2 amide bonds. The molecule has 0 heterocycles. The molecule has 1 atom stereocenters. The molecule has 1 aromatic carbocycles. The maximum Gasteiger partial charge on any atom is 0.317 e. The van der Waals surface area contributed by atoms with Gasteiger partial charge in [0.05, 0.1) is 5.92 Å². The molecule has 6 heteroatoms. The van der Waals surface area contributed by atoms with Crippen LogP contribution in [0.1, 0.15) is 25.3 Å². The van der Waals surface area contributed by atoms with E-state index >= 15 is 0 Å². The highest BCUT2D eigenvalue weighted by molar-refractivity contribution is 5.75. The highest BCUT2D eigenvalue weighted by Gasteiger charge is 2.18. The molecule has 1 unspecified atom stereocenters. The molecule has 0 radical (unpaired) electrons. The zero-order chi connectivity index (χ0) is 15.8. The average Bonchev–Trinajstić information content (AvgIpc) is 2.45. The minimum absolute atomic E-state index is 0.107. The summed E-state index contributed by atoms with van der Waals surface area (Å²) in [5, 5.41) is 11.6. The molecule has 21 heavy (non-hydrogen) atoms. The van der Waals surface area contributed by atoms with Gasteiger partial charge in [0.15, 0.2) is 0 Å². The van der Waals surface area contributed by atoms with Crippen LogP contribution >= 0.6 is 0 Å². The summed E-state index contributed by atoms with van der Waals surface area (Å²) >= 11 is 0. The van der Waals surface area contributed by atoms with Crippen LogP contribution in [-0.4, -0.2) is 35.6 Å². The van der Waals surface area contributed by atoms with E-state index in [1.807, 2.05) is 6.92 Å². The molecule has 0 saturated heterocycles. The summed E-state index contributed by atoms with van der Waals surface area (Å²) in [6.45, 7) is 2.34. The summed E-state index contributed by atoms with van der Waals surface area (Å²) in [7, 11) is 1.61. The zero-order valence-corrected chi connectivity index (χ0v) is 12.3. The fourth-order valence-electron chi connectivity index (χ4n) is 1.94. The zero-order valence-electron chi connectivity index (χ0n) is 12.3. The van der Waals surface area contributed by atoms with Crippen LogP contribution in [0.25, 0.3) is 0 Å². The van der Waals surface area contributed by atoms with Gasteiger partial charge in [0.1, 0.15) is 5.82 Å². The lowest BCUT2D eigenvalue weighted by molar-refractivity contribution is -0.141. The molecule has 0 aliphatic heterocycles. The van der Waals surface area contributed by atoms with Gasteiger partial charge in [-0.15, -0.1) is 0 Å². The van der Waals surface area contributed by atoms with Gasteiger partial charge in [0.2, 0.25) is 0 Å². The fraction of sp³-hybridized carbons (Fsp3) is 0.467. The van der Waals surface area contributed by atoms with Crippen molar-refractivity contribution < 1.29 is 19.1 Å². The Morgan fingerprint density at radius 2 is 1.95 bits per heavy atom. The third-order valence-corrected chi connectivity index (χ3v) is 3.17. The van der Waals surface area contributed by atoms with Crippen molar-refractivity contribution in [2.75, 3.05) is 13.6 Å². The summed E-state index contributed by atoms with van der Waals surface area (Å²) in [6, 6.07) is 5.54. The van der Waals surface area contributed by atoms with Crippen molar-refractivity contribution in [2.45, 2.75) is 26.3 Å². The van der Waals surface area contributed by atoms with Gasteiger partial charge in [-0.25, -0.2) is 9.18 Å². The second-order valence-corrected chi connectivity index (χ2v) is 4.99. The summed E-state index contributed by atoms with van der Waals surface area (Å²) in [6.07, 6.45) is 1.27. The van der Waals surface area contributed by atoms with Crippen LogP contribution in [0.5, 0.6) is 0 Å². The van der Waals surface area contributed by atoms with E-state index in [0.29, 0.717) is 13.0 Å². The van der Waals surface area contributed by atoms with Gasteiger partial charge in [0.25, 0.3) is 0 Å². The minimum Gasteiger partial charge on any atom is -0.481 e. The maximum absolute atomic E-state index is 12.8. The van der Waals surface area contributed by atoms with Crippen molar-refractivity contribution in [3.8, 4) is 0 Å². The third kappa shape index (κ3) is 5.81. The van der Waals surface area contributed by atoms with Gasteiger partial charge in [-0.3, -0.25) is 4.79 Å². The van der Waals surface area contributed by atoms with Crippen molar-refractivity contribution in [2.24, 2.45) is 5.92 Å². The standard InChI is InChI=1S/C15H21FN2O3/c1-3-4-12(14(19)20)9-17-15(21)18(2)10-11-5-7-13(16)8-6-11/h5-8,12H,3-4,9-10H2,1-2H3,(H,17,21)(H,19,20). The molecule has 0 aliphatic carbocycles. The summed E-state index contributed by atoms with van der Waals surface area (Å²) in [5.74, 6) is -1.80. The van der Waals surface area contributed by atoms with Crippen molar-refractivity contribution in [3.05, 3.63) is 35.6 Å². The Labute approximate surface area is 123 Å². The smallest absolute Gasteiger partial charge is 0.317 e. The van der Waals surface area contributed by atoms with Gasteiger partial charge in [0, 0.05) is 20.1 Å². The van der Waals surface area contributed by atoms with E-state index in [4.69, 9.17) is 5.11 Å². The van der Waals surface area contributed by atoms with E-state index in [-0.39, 0.29) is 18.4 Å².